The topological polar surface area (TPSA) is 0 Å². The third kappa shape index (κ3) is 50.0. The fraction of sp³-hybridized carbons (Fsp3) is 1.00. The van der Waals surface area contributed by atoms with Gasteiger partial charge in [0.05, 0.1) is 0 Å². The predicted molar refractivity (Wildman–Crippen MR) is 159 cm³/mol. The zero-order valence-corrected chi connectivity index (χ0v) is 25.1. The van der Waals surface area contributed by atoms with Crippen LogP contribution in [0.4, 0.5) is 0 Å². The molecule has 0 aromatic carbocycles. The van der Waals surface area contributed by atoms with E-state index in [1.165, 1.54) is 173 Å². The van der Waals surface area contributed by atoms with E-state index in [2.05, 4.69) is 41.5 Å². The summed E-state index contributed by atoms with van der Waals surface area (Å²) in [5.41, 5.74) is 0. The minimum atomic E-state index is 1.36. The Balaban J connectivity index is -0.000000377. The Bertz CT molecular complexity index is 221. The summed E-state index contributed by atoms with van der Waals surface area (Å²) in [5.74, 6) is 0. The predicted octanol–water partition coefficient (Wildman–Crippen LogP) is 13.6. The Kier molecular flexibility index (Phi) is 48.0. The maximum atomic E-state index is 2.28. The van der Waals surface area contributed by atoms with Crippen molar-refractivity contribution in [3.63, 3.8) is 0 Å². The van der Waals surface area contributed by atoms with Gasteiger partial charge < -0.3 is 0 Å². The maximum Gasteiger partial charge on any atom is -0.0533 e. The summed E-state index contributed by atoms with van der Waals surface area (Å²) < 4.78 is 0. The van der Waals surface area contributed by atoms with Gasteiger partial charge in [-0.25, -0.2) is 0 Å². The Hall–Kier alpha value is 0. The smallest absolute Gasteiger partial charge is 0.0533 e. The van der Waals surface area contributed by atoms with Crippen molar-refractivity contribution in [3.8, 4) is 0 Å². The zero-order valence-electron chi connectivity index (χ0n) is 25.1. The number of hydrogen-bond donors (Lipinski definition) is 0. The first kappa shape index (κ1) is 37.5. The summed E-state index contributed by atoms with van der Waals surface area (Å²) in [5, 5.41) is 0. The van der Waals surface area contributed by atoms with Crippen LogP contribution in [0.3, 0.4) is 0 Å². The summed E-state index contributed by atoms with van der Waals surface area (Å²) >= 11 is 0. The number of unbranched alkanes of at least 4 members (excludes halogenated alkanes) is 18. The van der Waals surface area contributed by atoms with E-state index in [0.29, 0.717) is 0 Å². The van der Waals surface area contributed by atoms with Crippen LogP contribution in [0.15, 0.2) is 0 Å². The first-order valence-corrected chi connectivity index (χ1v) is 16.2. The average Bonchev–Trinajstić information content (AvgIpc) is 2.86. The first-order valence-electron chi connectivity index (χ1n) is 16.2. The molecule has 0 aromatic rings. The monoisotopic (exact) mass is 469 g/mol. The van der Waals surface area contributed by atoms with Gasteiger partial charge in [0, 0.05) is 0 Å². The van der Waals surface area contributed by atoms with Crippen LogP contribution in [-0.4, -0.2) is 0 Å². The van der Waals surface area contributed by atoms with Crippen LogP contribution in [0, 0.1) is 0 Å². The molecule has 0 saturated heterocycles. The van der Waals surface area contributed by atoms with Crippen molar-refractivity contribution in [3.05, 3.63) is 0 Å². The molecule has 0 radical (unpaired) electrons. The molecule has 0 atom stereocenters. The second-order valence-electron chi connectivity index (χ2n) is 10.4. The lowest BCUT2D eigenvalue weighted by Gasteiger charge is -2.05. The van der Waals surface area contributed by atoms with Crippen LogP contribution in [0.1, 0.15) is 215 Å². The third-order valence-corrected chi connectivity index (χ3v) is 6.62. The van der Waals surface area contributed by atoms with E-state index in [4.69, 9.17) is 0 Å². The van der Waals surface area contributed by atoms with Crippen molar-refractivity contribution >= 4 is 0 Å². The molecule has 0 heterocycles. The van der Waals surface area contributed by atoms with Gasteiger partial charge in [0.25, 0.3) is 0 Å². The van der Waals surface area contributed by atoms with E-state index in [9.17, 15) is 0 Å². The highest BCUT2D eigenvalue weighted by Crippen LogP contribution is 2.15. The second-order valence-corrected chi connectivity index (χ2v) is 10.4. The molecular weight excluding hydrogens is 396 g/mol. The highest BCUT2D eigenvalue weighted by molar-refractivity contribution is 4.51. The molecule has 0 amide bonds. The molecular formula is C33H72. The molecule has 1 aliphatic rings. The van der Waals surface area contributed by atoms with Crippen LogP contribution < -0.4 is 0 Å². The van der Waals surface area contributed by atoms with Gasteiger partial charge in [0.15, 0.2) is 0 Å². The molecule has 1 fully saturated rings. The SMILES string of the molecule is C1CCCCC1.CCCCCCC.CCCCCCCC.CCCCCCCCCCCC. The summed E-state index contributed by atoms with van der Waals surface area (Å²) in [6.07, 6.45) is 38.9. The minimum absolute atomic E-state index is 1.36. The van der Waals surface area contributed by atoms with Gasteiger partial charge >= 0.3 is 0 Å². The molecule has 0 heteroatoms. The van der Waals surface area contributed by atoms with Gasteiger partial charge in [0.1, 0.15) is 0 Å². The minimum Gasteiger partial charge on any atom is -0.0654 e. The molecule has 1 rings (SSSR count). The molecule has 33 heavy (non-hydrogen) atoms. The largest absolute Gasteiger partial charge is 0.0654 e. The van der Waals surface area contributed by atoms with Crippen LogP contribution in [0.25, 0.3) is 0 Å². The van der Waals surface area contributed by atoms with Gasteiger partial charge in [0.2, 0.25) is 0 Å². The lowest BCUT2D eigenvalue weighted by Crippen LogP contribution is -1.85. The first-order chi connectivity index (χ1) is 16.2. The number of rotatable bonds is 18. The Morgan fingerprint density at radius 3 is 0.485 bits per heavy atom. The van der Waals surface area contributed by atoms with Crippen molar-refractivity contribution in [2.75, 3.05) is 0 Å². The molecule has 0 N–H and O–H groups in total. The normalized spacial score (nSPS) is 12.5. The lowest BCUT2D eigenvalue weighted by atomic mass is 10.0. The lowest BCUT2D eigenvalue weighted by molar-refractivity contribution is 0.504. The summed E-state index contributed by atoms with van der Waals surface area (Å²) in [7, 11) is 0. The van der Waals surface area contributed by atoms with E-state index in [-0.39, 0.29) is 0 Å². The molecule has 0 aliphatic heterocycles. The maximum absolute atomic E-state index is 2.28. The summed E-state index contributed by atoms with van der Waals surface area (Å²) in [6, 6.07) is 0. The van der Waals surface area contributed by atoms with E-state index >= 15 is 0 Å². The second kappa shape index (κ2) is 42.2. The van der Waals surface area contributed by atoms with Crippen LogP contribution in [0.5, 0.6) is 0 Å². The Morgan fingerprint density at radius 1 is 0.212 bits per heavy atom. The fourth-order valence-electron chi connectivity index (χ4n) is 4.15. The summed E-state index contributed by atoms with van der Waals surface area (Å²) in [4.78, 5) is 0. The van der Waals surface area contributed by atoms with Crippen molar-refractivity contribution in [1.82, 2.24) is 0 Å². The molecule has 0 unspecified atom stereocenters. The van der Waals surface area contributed by atoms with E-state index < -0.39 is 0 Å². The highest BCUT2D eigenvalue weighted by Gasteiger charge is 1.95. The van der Waals surface area contributed by atoms with E-state index in [1.807, 2.05) is 0 Å². The fourth-order valence-corrected chi connectivity index (χ4v) is 4.15. The van der Waals surface area contributed by atoms with Gasteiger partial charge in [-0.2, -0.15) is 0 Å². The van der Waals surface area contributed by atoms with Gasteiger partial charge in [-0.3, -0.25) is 0 Å². The molecule has 1 aliphatic carbocycles. The standard InChI is InChI=1S/C12H26.C8H18.C7H16.C6H12/c1-3-5-7-9-11-12-10-8-6-4-2;1-3-5-7-8-6-4-2;1-3-5-7-6-4-2;1-2-4-6-5-3-1/h3-12H2,1-2H3;3-8H2,1-2H3;3-7H2,1-2H3;1-6H2. The van der Waals surface area contributed by atoms with E-state index in [1.54, 1.807) is 0 Å². The molecule has 0 spiro atoms. The Labute approximate surface area is 214 Å². The molecule has 1 saturated carbocycles. The quantitative estimate of drug-likeness (QED) is 0.175. The molecule has 0 bridgehead atoms. The van der Waals surface area contributed by atoms with Crippen LogP contribution >= 0.6 is 0 Å². The molecule has 204 valence electrons. The highest BCUT2D eigenvalue weighted by atomic mass is 14.0. The van der Waals surface area contributed by atoms with E-state index in [0.717, 1.165) is 0 Å². The van der Waals surface area contributed by atoms with Gasteiger partial charge in [-0.15, -0.1) is 0 Å². The van der Waals surface area contributed by atoms with Crippen molar-refractivity contribution < 1.29 is 0 Å². The van der Waals surface area contributed by atoms with Crippen LogP contribution in [0.2, 0.25) is 0 Å². The van der Waals surface area contributed by atoms with Gasteiger partial charge in [-0.05, 0) is 0 Å². The molecule has 0 aromatic heterocycles. The number of hydrogen-bond acceptors (Lipinski definition) is 0. The summed E-state index contributed by atoms with van der Waals surface area (Å²) in [6.45, 7) is 13.6. The van der Waals surface area contributed by atoms with Crippen molar-refractivity contribution in [2.24, 2.45) is 0 Å². The van der Waals surface area contributed by atoms with Crippen LogP contribution in [-0.2, 0) is 0 Å². The Morgan fingerprint density at radius 2 is 0.333 bits per heavy atom. The zero-order chi connectivity index (χ0) is 25.1. The molecule has 0 nitrogen and oxygen atoms in total. The van der Waals surface area contributed by atoms with Gasteiger partial charge in [-0.1, -0.05) is 215 Å². The van der Waals surface area contributed by atoms with Crippen molar-refractivity contribution in [2.45, 2.75) is 215 Å². The average molecular weight is 469 g/mol. The third-order valence-electron chi connectivity index (χ3n) is 6.62. The van der Waals surface area contributed by atoms with Crippen molar-refractivity contribution in [1.29, 1.82) is 0 Å².